The fraction of sp³-hybridized carbons (Fsp3) is 0.500. The Kier molecular flexibility index (Phi) is 3.09. The lowest BCUT2D eigenvalue weighted by Crippen LogP contribution is -2.19. The smallest absolute Gasteiger partial charge is 0.223 e. The summed E-state index contributed by atoms with van der Waals surface area (Å²) < 4.78 is 13.3. The van der Waals surface area contributed by atoms with Crippen LogP contribution in [0.25, 0.3) is 0 Å². The highest BCUT2D eigenvalue weighted by Crippen LogP contribution is 2.27. The average molecular weight is 207 g/mol. The van der Waals surface area contributed by atoms with Gasteiger partial charge < -0.3 is 0 Å². The molecule has 2 rings (SSSR count). The Hall–Kier alpha value is -1.25. The van der Waals surface area contributed by atoms with E-state index in [9.17, 15) is 9.18 Å². The van der Waals surface area contributed by atoms with Crippen LogP contribution in [0.1, 0.15) is 42.5 Å². The van der Waals surface area contributed by atoms with Crippen LogP contribution >= 0.6 is 0 Å². The van der Waals surface area contributed by atoms with Gasteiger partial charge in [0.2, 0.25) is 5.95 Å². The van der Waals surface area contributed by atoms with E-state index in [2.05, 4.69) is 4.98 Å². The van der Waals surface area contributed by atoms with E-state index in [4.69, 9.17) is 0 Å². The molecule has 0 N–H and O–H groups in total. The molecule has 1 heterocycles. The third kappa shape index (κ3) is 2.22. The summed E-state index contributed by atoms with van der Waals surface area (Å²) in [5.41, 5.74) is 0.157. The molecular formula is C12H14FNO. The summed E-state index contributed by atoms with van der Waals surface area (Å²) in [5, 5.41) is 0. The number of Topliss-reactive ketones (excluding diaryl/α,β-unsaturated/α-hetero) is 1. The van der Waals surface area contributed by atoms with E-state index in [1.165, 1.54) is 18.7 Å². The standard InChI is InChI=1S/C12H14FNO/c13-12-10(7-4-8-14-12)11(15)9-5-2-1-3-6-9/h4,7-9H,1-3,5-6H2. The average Bonchev–Trinajstić information content (AvgIpc) is 2.30. The first-order chi connectivity index (χ1) is 7.29. The fourth-order valence-electron chi connectivity index (χ4n) is 2.15. The van der Waals surface area contributed by atoms with Crippen molar-refractivity contribution in [1.82, 2.24) is 4.98 Å². The van der Waals surface area contributed by atoms with Crippen molar-refractivity contribution in [2.45, 2.75) is 32.1 Å². The van der Waals surface area contributed by atoms with Crippen molar-refractivity contribution in [2.75, 3.05) is 0 Å². The summed E-state index contributed by atoms with van der Waals surface area (Å²) >= 11 is 0. The van der Waals surface area contributed by atoms with Crippen LogP contribution in [0.3, 0.4) is 0 Å². The quantitative estimate of drug-likeness (QED) is 0.551. The number of nitrogens with zero attached hydrogens (tertiary/aromatic N) is 1. The second-order valence-electron chi connectivity index (χ2n) is 4.04. The largest absolute Gasteiger partial charge is 0.294 e. The molecule has 0 radical (unpaired) electrons. The molecule has 1 aromatic rings. The molecular weight excluding hydrogens is 193 g/mol. The van der Waals surface area contributed by atoms with Crippen LogP contribution in [0.15, 0.2) is 18.3 Å². The van der Waals surface area contributed by atoms with E-state index in [0.717, 1.165) is 25.7 Å². The highest BCUT2D eigenvalue weighted by molar-refractivity contribution is 5.97. The summed E-state index contributed by atoms with van der Waals surface area (Å²) in [4.78, 5) is 15.4. The van der Waals surface area contributed by atoms with E-state index >= 15 is 0 Å². The van der Waals surface area contributed by atoms with E-state index in [-0.39, 0.29) is 17.3 Å². The third-order valence-electron chi connectivity index (χ3n) is 3.00. The molecule has 1 fully saturated rings. The number of aromatic nitrogens is 1. The predicted octanol–water partition coefficient (Wildman–Crippen LogP) is 2.98. The molecule has 0 saturated heterocycles. The Morgan fingerprint density at radius 1 is 1.33 bits per heavy atom. The van der Waals surface area contributed by atoms with Gasteiger partial charge in [0.1, 0.15) is 0 Å². The van der Waals surface area contributed by atoms with Crippen molar-refractivity contribution in [3.63, 3.8) is 0 Å². The van der Waals surface area contributed by atoms with Crippen LogP contribution in [-0.2, 0) is 0 Å². The Bertz CT molecular complexity index is 358. The number of pyridine rings is 1. The molecule has 1 aliphatic rings. The van der Waals surface area contributed by atoms with E-state index in [1.54, 1.807) is 6.07 Å². The van der Waals surface area contributed by atoms with Crippen molar-refractivity contribution >= 4 is 5.78 Å². The lowest BCUT2D eigenvalue weighted by atomic mass is 9.84. The summed E-state index contributed by atoms with van der Waals surface area (Å²) in [7, 11) is 0. The molecule has 3 heteroatoms. The first-order valence-electron chi connectivity index (χ1n) is 5.44. The van der Waals surface area contributed by atoms with Crippen LogP contribution in [0.5, 0.6) is 0 Å². The number of ketones is 1. The molecule has 15 heavy (non-hydrogen) atoms. The maximum absolute atomic E-state index is 13.3. The summed E-state index contributed by atoms with van der Waals surface area (Å²) in [5.74, 6) is -0.689. The van der Waals surface area contributed by atoms with Crippen LogP contribution in [0.4, 0.5) is 4.39 Å². The van der Waals surface area contributed by atoms with Crippen molar-refractivity contribution < 1.29 is 9.18 Å². The summed E-state index contributed by atoms with van der Waals surface area (Å²) in [6, 6.07) is 3.14. The zero-order valence-electron chi connectivity index (χ0n) is 8.58. The Balaban J connectivity index is 2.16. The topological polar surface area (TPSA) is 30.0 Å². The van der Waals surface area contributed by atoms with Gasteiger partial charge in [-0.1, -0.05) is 19.3 Å². The van der Waals surface area contributed by atoms with Gasteiger partial charge in [-0.2, -0.15) is 4.39 Å². The summed E-state index contributed by atoms with van der Waals surface area (Å²) in [6.07, 6.45) is 6.52. The summed E-state index contributed by atoms with van der Waals surface area (Å²) in [6.45, 7) is 0. The number of carbonyl (C=O) groups excluding carboxylic acids is 1. The van der Waals surface area contributed by atoms with Crippen LogP contribution in [0, 0.1) is 11.9 Å². The molecule has 2 nitrogen and oxygen atoms in total. The molecule has 0 unspecified atom stereocenters. The predicted molar refractivity (Wildman–Crippen MR) is 55.1 cm³/mol. The maximum atomic E-state index is 13.3. The zero-order valence-corrected chi connectivity index (χ0v) is 8.58. The zero-order chi connectivity index (χ0) is 10.7. The van der Waals surface area contributed by atoms with E-state index in [0.29, 0.717) is 0 Å². The number of hydrogen-bond donors (Lipinski definition) is 0. The van der Waals surface area contributed by atoms with Crippen molar-refractivity contribution in [1.29, 1.82) is 0 Å². The van der Waals surface area contributed by atoms with E-state index in [1.807, 2.05) is 0 Å². The van der Waals surface area contributed by atoms with Gasteiger partial charge in [-0.3, -0.25) is 4.79 Å². The normalized spacial score (nSPS) is 17.7. The fourth-order valence-corrected chi connectivity index (χ4v) is 2.15. The number of halogens is 1. The first-order valence-corrected chi connectivity index (χ1v) is 5.44. The SMILES string of the molecule is O=C(c1cccnc1F)C1CCCCC1. The van der Waals surface area contributed by atoms with Crippen molar-refractivity contribution in [3.05, 3.63) is 29.8 Å². The molecule has 1 aliphatic carbocycles. The van der Waals surface area contributed by atoms with Crippen LogP contribution in [-0.4, -0.2) is 10.8 Å². The first kappa shape index (κ1) is 10.3. The van der Waals surface area contributed by atoms with Gasteiger partial charge in [0.25, 0.3) is 0 Å². The van der Waals surface area contributed by atoms with Crippen LogP contribution in [0.2, 0.25) is 0 Å². The Labute approximate surface area is 88.5 Å². The number of carbonyl (C=O) groups is 1. The van der Waals surface area contributed by atoms with Crippen molar-refractivity contribution in [3.8, 4) is 0 Å². The maximum Gasteiger partial charge on any atom is 0.223 e. The molecule has 0 atom stereocenters. The molecule has 1 aromatic heterocycles. The van der Waals surface area contributed by atoms with Crippen LogP contribution < -0.4 is 0 Å². The Morgan fingerprint density at radius 3 is 2.73 bits per heavy atom. The molecule has 0 bridgehead atoms. The minimum Gasteiger partial charge on any atom is -0.294 e. The molecule has 80 valence electrons. The van der Waals surface area contributed by atoms with E-state index < -0.39 is 5.95 Å². The van der Waals surface area contributed by atoms with Gasteiger partial charge in [0.15, 0.2) is 5.78 Å². The number of rotatable bonds is 2. The molecule has 0 aliphatic heterocycles. The minimum absolute atomic E-state index is 0.0115. The second kappa shape index (κ2) is 4.51. The lowest BCUT2D eigenvalue weighted by molar-refractivity contribution is 0.0884. The monoisotopic (exact) mass is 207 g/mol. The Morgan fingerprint density at radius 2 is 2.07 bits per heavy atom. The minimum atomic E-state index is -0.631. The number of hydrogen-bond acceptors (Lipinski definition) is 2. The van der Waals surface area contributed by atoms with Gasteiger partial charge in [0.05, 0.1) is 5.56 Å². The molecule has 1 saturated carbocycles. The highest BCUT2D eigenvalue weighted by Gasteiger charge is 2.24. The molecule has 0 amide bonds. The van der Waals surface area contributed by atoms with Gasteiger partial charge in [0, 0.05) is 12.1 Å². The molecule has 0 spiro atoms. The highest BCUT2D eigenvalue weighted by atomic mass is 19.1. The van der Waals surface area contributed by atoms with Gasteiger partial charge >= 0.3 is 0 Å². The van der Waals surface area contributed by atoms with Gasteiger partial charge in [-0.25, -0.2) is 4.98 Å². The van der Waals surface area contributed by atoms with Crippen molar-refractivity contribution in [2.24, 2.45) is 5.92 Å². The lowest BCUT2D eigenvalue weighted by Gasteiger charge is -2.20. The molecule has 0 aromatic carbocycles. The second-order valence-corrected chi connectivity index (χ2v) is 4.04. The van der Waals surface area contributed by atoms with Gasteiger partial charge in [-0.15, -0.1) is 0 Å². The van der Waals surface area contributed by atoms with Gasteiger partial charge in [-0.05, 0) is 25.0 Å². The third-order valence-corrected chi connectivity index (χ3v) is 3.00.